The first-order chi connectivity index (χ1) is 16.3. The standard InChI is InChI=1S/C29H38N6/c1-27(2,3)19-23-30-25(32-34(23)21-15-11-9-12-16-21)29(7,8)26-31-24(20-28(4,5)6)35(33-26)22-17-13-10-14-18-22/h9-18H,19-20H2,1-8H3. The molecule has 6 heteroatoms. The molecular formula is C29H38N6. The van der Waals surface area contributed by atoms with Crippen LogP contribution in [0.1, 0.15) is 78.7 Å². The summed E-state index contributed by atoms with van der Waals surface area (Å²) in [6.07, 6.45) is 1.62. The summed E-state index contributed by atoms with van der Waals surface area (Å²) >= 11 is 0. The van der Waals surface area contributed by atoms with Crippen molar-refractivity contribution in [2.45, 2.75) is 73.6 Å². The van der Waals surface area contributed by atoms with E-state index in [0.717, 1.165) is 47.5 Å². The minimum atomic E-state index is -0.570. The second-order valence-corrected chi connectivity index (χ2v) is 12.3. The third kappa shape index (κ3) is 5.69. The van der Waals surface area contributed by atoms with Gasteiger partial charge in [-0.1, -0.05) is 77.9 Å². The zero-order valence-corrected chi connectivity index (χ0v) is 22.4. The first-order valence-corrected chi connectivity index (χ1v) is 12.4. The maximum Gasteiger partial charge on any atom is 0.164 e. The fourth-order valence-corrected chi connectivity index (χ4v) is 4.05. The zero-order chi connectivity index (χ0) is 25.4. The number of benzene rings is 2. The van der Waals surface area contributed by atoms with Crippen molar-refractivity contribution in [2.24, 2.45) is 10.8 Å². The summed E-state index contributed by atoms with van der Waals surface area (Å²) in [5, 5.41) is 10.0. The van der Waals surface area contributed by atoms with Crippen molar-refractivity contribution in [1.82, 2.24) is 29.5 Å². The Morgan fingerprint density at radius 2 is 0.886 bits per heavy atom. The van der Waals surface area contributed by atoms with E-state index < -0.39 is 5.41 Å². The molecule has 0 aliphatic rings. The third-order valence-corrected chi connectivity index (χ3v) is 5.84. The van der Waals surface area contributed by atoms with Gasteiger partial charge < -0.3 is 0 Å². The van der Waals surface area contributed by atoms with Gasteiger partial charge in [0.2, 0.25) is 0 Å². The van der Waals surface area contributed by atoms with Gasteiger partial charge in [0.25, 0.3) is 0 Å². The molecule has 4 aromatic rings. The Hall–Kier alpha value is -3.28. The maximum absolute atomic E-state index is 5.07. The average Bonchev–Trinajstić information content (AvgIpc) is 3.38. The van der Waals surface area contributed by atoms with Crippen LogP contribution in [-0.4, -0.2) is 29.5 Å². The third-order valence-electron chi connectivity index (χ3n) is 5.84. The molecule has 4 rings (SSSR count). The number of para-hydroxylation sites is 2. The Morgan fingerprint density at radius 1 is 0.543 bits per heavy atom. The van der Waals surface area contributed by atoms with Crippen LogP contribution in [0.4, 0.5) is 0 Å². The number of hydrogen-bond donors (Lipinski definition) is 0. The van der Waals surface area contributed by atoms with Crippen LogP contribution in [0.15, 0.2) is 60.7 Å². The van der Waals surface area contributed by atoms with Gasteiger partial charge in [-0.3, -0.25) is 0 Å². The van der Waals surface area contributed by atoms with E-state index >= 15 is 0 Å². The zero-order valence-electron chi connectivity index (χ0n) is 22.4. The quantitative estimate of drug-likeness (QED) is 0.329. The van der Waals surface area contributed by atoms with Crippen LogP contribution in [0.25, 0.3) is 11.4 Å². The number of rotatable bonds is 6. The molecule has 0 amide bonds. The molecule has 0 N–H and O–H groups in total. The van der Waals surface area contributed by atoms with Gasteiger partial charge in [0, 0.05) is 12.8 Å². The van der Waals surface area contributed by atoms with Gasteiger partial charge in [0.15, 0.2) is 11.6 Å². The minimum Gasteiger partial charge on any atom is -0.218 e. The Balaban J connectivity index is 1.82. The van der Waals surface area contributed by atoms with E-state index in [9.17, 15) is 0 Å². The minimum absolute atomic E-state index is 0.0774. The fourth-order valence-electron chi connectivity index (χ4n) is 4.05. The number of nitrogens with zero attached hydrogens (tertiary/aromatic N) is 6. The fraction of sp³-hybridized carbons (Fsp3) is 0.448. The molecule has 2 heterocycles. The first-order valence-electron chi connectivity index (χ1n) is 12.4. The summed E-state index contributed by atoms with van der Waals surface area (Å²) in [7, 11) is 0. The van der Waals surface area contributed by atoms with Gasteiger partial charge in [-0.2, -0.15) is 0 Å². The van der Waals surface area contributed by atoms with Gasteiger partial charge in [-0.25, -0.2) is 19.3 Å². The summed E-state index contributed by atoms with van der Waals surface area (Å²) in [5.74, 6) is 3.36. The smallest absolute Gasteiger partial charge is 0.164 e. The van der Waals surface area contributed by atoms with Crippen LogP contribution >= 0.6 is 0 Å². The number of hydrogen-bond acceptors (Lipinski definition) is 4. The lowest BCUT2D eigenvalue weighted by atomic mass is 9.90. The predicted molar refractivity (Wildman–Crippen MR) is 141 cm³/mol. The van der Waals surface area contributed by atoms with Crippen LogP contribution in [0.3, 0.4) is 0 Å². The Bertz CT molecular complexity index is 1170. The largest absolute Gasteiger partial charge is 0.218 e. The van der Waals surface area contributed by atoms with Crippen LogP contribution < -0.4 is 0 Å². The molecule has 0 aliphatic carbocycles. The first kappa shape index (κ1) is 24.8. The van der Waals surface area contributed by atoms with E-state index in [0.29, 0.717) is 0 Å². The van der Waals surface area contributed by atoms with Gasteiger partial charge in [0.1, 0.15) is 11.6 Å². The second-order valence-electron chi connectivity index (χ2n) is 12.3. The highest BCUT2D eigenvalue weighted by Crippen LogP contribution is 2.31. The van der Waals surface area contributed by atoms with Crippen LogP contribution in [0.2, 0.25) is 0 Å². The second kappa shape index (κ2) is 9.06. The lowest BCUT2D eigenvalue weighted by molar-refractivity contribution is 0.396. The average molecular weight is 471 g/mol. The van der Waals surface area contributed by atoms with Crippen LogP contribution in [-0.2, 0) is 18.3 Å². The van der Waals surface area contributed by atoms with Crippen molar-refractivity contribution in [3.63, 3.8) is 0 Å². The molecule has 35 heavy (non-hydrogen) atoms. The van der Waals surface area contributed by atoms with E-state index in [4.69, 9.17) is 20.2 Å². The van der Waals surface area contributed by atoms with Crippen molar-refractivity contribution < 1.29 is 0 Å². The Morgan fingerprint density at radius 3 is 1.20 bits per heavy atom. The number of aromatic nitrogens is 6. The van der Waals surface area contributed by atoms with Gasteiger partial charge in [-0.05, 0) is 48.9 Å². The summed E-state index contributed by atoms with van der Waals surface area (Å²) in [6.45, 7) is 17.6. The van der Waals surface area contributed by atoms with Crippen LogP contribution in [0.5, 0.6) is 0 Å². The molecule has 0 bridgehead atoms. The van der Waals surface area contributed by atoms with Crippen molar-refractivity contribution in [1.29, 1.82) is 0 Å². The van der Waals surface area contributed by atoms with Crippen LogP contribution in [0, 0.1) is 10.8 Å². The van der Waals surface area contributed by atoms with E-state index in [1.54, 1.807) is 0 Å². The lowest BCUT2D eigenvalue weighted by Crippen LogP contribution is -2.23. The Kier molecular flexibility index (Phi) is 6.43. The monoisotopic (exact) mass is 470 g/mol. The molecule has 184 valence electrons. The Labute approximate surface area is 209 Å². The SMILES string of the molecule is CC(C)(C)Cc1nc(C(C)(C)c2nc(CC(C)(C)C)n(-c3ccccc3)n2)nn1-c1ccccc1. The molecule has 0 fully saturated rings. The highest BCUT2D eigenvalue weighted by Gasteiger charge is 2.35. The molecule has 0 atom stereocenters. The van der Waals surface area contributed by atoms with Crippen molar-refractivity contribution >= 4 is 0 Å². The van der Waals surface area contributed by atoms with Crippen molar-refractivity contribution in [2.75, 3.05) is 0 Å². The molecule has 0 saturated heterocycles. The topological polar surface area (TPSA) is 61.4 Å². The molecule has 2 aromatic carbocycles. The highest BCUT2D eigenvalue weighted by atomic mass is 15.4. The molecule has 0 unspecified atom stereocenters. The molecule has 0 spiro atoms. The highest BCUT2D eigenvalue weighted by molar-refractivity contribution is 5.34. The van der Waals surface area contributed by atoms with Crippen molar-refractivity contribution in [3.05, 3.63) is 84.0 Å². The summed E-state index contributed by atoms with van der Waals surface area (Å²) in [4.78, 5) is 10.1. The van der Waals surface area contributed by atoms with E-state index in [-0.39, 0.29) is 10.8 Å². The van der Waals surface area contributed by atoms with E-state index in [1.807, 2.05) is 45.8 Å². The molecule has 0 aliphatic heterocycles. The van der Waals surface area contributed by atoms with Crippen molar-refractivity contribution in [3.8, 4) is 11.4 Å². The molecular weight excluding hydrogens is 432 g/mol. The lowest BCUT2D eigenvalue weighted by Gasteiger charge is -2.18. The van der Waals surface area contributed by atoms with Gasteiger partial charge in [0.05, 0.1) is 16.8 Å². The normalized spacial score (nSPS) is 12.8. The molecule has 0 radical (unpaired) electrons. The summed E-state index contributed by atoms with van der Waals surface area (Å²) in [5.41, 5.74) is 1.61. The van der Waals surface area contributed by atoms with Gasteiger partial charge >= 0.3 is 0 Å². The predicted octanol–water partition coefficient (Wildman–Crippen LogP) is 6.35. The molecule has 2 aromatic heterocycles. The summed E-state index contributed by atoms with van der Waals surface area (Å²) in [6, 6.07) is 20.5. The van der Waals surface area contributed by atoms with Gasteiger partial charge in [-0.15, -0.1) is 10.2 Å². The molecule has 6 nitrogen and oxygen atoms in total. The molecule has 0 saturated carbocycles. The summed E-state index contributed by atoms with van der Waals surface area (Å²) < 4.78 is 3.96. The maximum atomic E-state index is 5.07. The van der Waals surface area contributed by atoms with E-state index in [2.05, 4.69) is 79.7 Å². The van der Waals surface area contributed by atoms with E-state index in [1.165, 1.54) is 0 Å².